The number of aryl methyl sites for hydroxylation is 1. The van der Waals surface area contributed by atoms with Gasteiger partial charge in [-0.1, -0.05) is 6.07 Å². The molecule has 3 nitrogen and oxygen atoms in total. The number of rotatable bonds is 2. The van der Waals surface area contributed by atoms with Crippen molar-refractivity contribution in [2.75, 3.05) is 7.11 Å². The summed E-state index contributed by atoms with van der Waals surface area (Å²) in [4.78, 5) is 11.6. The second kappa shape index (κ2) is 5.08. The molecule has 102 valence electrons. The van der Waals surface area contributed by atoms with Gasteiger partial charge in [-0.3, -0.25) is 4.79 Å². The van der Waals surface area contributed by atoms with Gasteiger partial charge in [-0.25, -0.2) is 0 Å². The maximum absolute atomic E-state index is 11.6. The highest BCUT2D eigenvalue weighted by molar-refractivity contribution is 5.91. The first-order valence-corrected chi connectivity index (χ1v) is 6.51. The average molecular weight is 260 g/mol. The Bertz CT molecular complexity index is 556. The van der Waals surface area contributed by atoms with Gasteiger partial charge < -0.3 is 9.84 Å². The maximum atomic E-state index is 11.6. The van der Waals surface area contributed by atoms with Gasteiger partial charge in [0.2, 0.25) is 0 Å². The first kappa shape index (κ1) is 13.7. The zero-order chi connectivity index (χ0) is 14.2. The monoisotopic (exact) mass is 260 g/mol. The lowest BCUT2D eigenvalue weighted by molar-refractivity contribution is -0.115. The van der Waals surface area contributed by atoms with Crippen LogP contribution in [0.2, 0.25) is 0 Å². The number of carbonyl (C=O) groups is 1. The lowest BCUT2D eigenvalue weighted by atomic mass is 9.83. The number of hydrogen-bond acceptors (Lipinski definition) is 3. The number of benzene rings is 1. The first-order chi connectivity index (χ1) is 8.93. The standard InChI is InChI=1S/C16H20O3/c1-9-5-15(16(19-4)11(3)10(9)2)12-6-13(17)8-14(18)7-12/h5,8,12,17H,6-7H2,1-4H3. The molecule has 1 aliphatic carbocycles. The van der Waals surface area contributed by atoms with Crippen LogP contribution in [0.15, 0.2) is 17.9 Å². The lowest BCUT2D eigenvalue weighted by Gasteiger charge is -2.24. The molecule has 0 aromatic heterocycles. The number of carbonyl (C=O) groups excluding carboxylic acids is 1. The van der Waals surface area contributed by atoms with E-state index in [0.717, 1.165) is 16.9 Å². The topological polar surface area (TPSA) is 46.5 Å². The fourth-order valence-electron chi connectivity index (χ4n) is 2.75. The predicted octanol–water partition coefficient (Wildman–Crippen LogP) is 3.51. The van der Waals surface area contributed by atoms with Gasteiger partial charge >= 0.3 is 0 Å². The van der Waals surface area contributed by atoms with Crippen LogP contribution in [0.1, 0.15) is 41.0 Å². The van der Waals surface area contributed by atoms with E-state index in [9.17, 15) is 9.90 Å². The summed E-state index contributed by atoms with van der Waals surface area (Å²) in [6.45, 7) is 6.16. The van der Waals surface area contributed by atoms with Crippen LogP contribution in [-0.2, 0) is 4.79 Å². The molecule has 1 N–H and O–H groups in total. The minimum absolute atomic E-state index is 0.00505. The van der Waals surface area contributed by atoms with Gasteiger partial charge in [0.25, 0.3) is 0 Å². The van der Waals surface area contributed by atoms with Crippen LogP contribution in [0.4, 0.5) is 0 Å². The summed E-state index contributed by atoms with van der Waals surface area (Å²) in [5, 5.41) is 9.67. The Morgan fingerprint density at radius 2 is 1.89 bits per heavy atom. The molecule has 0 radical (unpaired) electrons. The van der Waals surface area contributed by atoms with Crippen molar-refractivity contribution in [2.24, 2.45) is 0 Å². The molecule has 0 fully saturated rings. The second-order valence-electron chi connectivity index (χ2n) is 5.27. The van der Waals surface area contributed by atoms with Crippen molar-refractivity contribution in [3.05, 3.63) is 40.2 Å². The maximum Gasteiger partial charge on any atom is 0.159 e. The van der Waals surface area contributed by atoms with E-state index in [1.165, 1.54) is 17.2 Å². The number of aliphatic hydroxyl groups is 1. The minimum Gasteiger partial charge on any atom is -0.512 e. The van der Waals surface area contributed by atoms with Crippen molar-refractivity contribution in [3.63, 3.8) is 0 Å². The van der Waals surface area contributed by atoms with Crippen LogP contribution in [0.25, 0.3) is 0 Å². The van der Waals surface area contributed by atoms with Crippen molar-refractivity contribution in [3.8, 4) is 5.75 Å². The number of methoxy groups -OCH3 is 1. The van der Waals surface area contributed by atoms with Crippen molar-refractivity contribution in [1.82, 2.24) is 0 Å². The number of ether oxygens (including phenoxy) is 1. The van der Waals surface area contributed by atoms with Gasteiger partial charge in [0, 0.05) is 24.8 Å². The Labute approximate surface area is 113 Å². The van der Waals surface area contributed by atoms with Crippen molar-refractivity contribution < 1.29 is 14.6 Å². The van der Waals surface area contributed by atoms with Crippen LogP contribution in [-0.4, -0.2) is 18.0 Å². The SMILES string of the molecule is COc1c(C2CC(=O)C=C(O)C2)cc(C)c(C)c1C. The lowest BCUT2D eigenvalue weighted by Crippen LogP contribution is -2.14. The smallest absolute Gasteiger partial charge is 0.159 e. The summed E-state index contributed by atoms with van der Waals surface area (Å²) in [7, 11) is 1.65. The van der Waals surface area contributed by atoms with Crippen molar-refractivity contribution in [2.45, 2.75) is 39.5 Å². The fraction of sp³-hybridized carbons (Fsp3) is 0.438. The molecule has 19 heavy (non-hydrogen) atoms. The molecule has 1 aromatic carbocycles. The quantitative estimate of drug-likeness (QED) is 0.885. The van der Waals surface area contributed by atoms with E-state index in [4.69, 9.17) is 4.74 Å². The highest BCUT2D eigenvalue weighted by Gasteiger charge is 2.26. The molecule has 0 heterocycles. The molecule has 0 saturated heterocycles. The molecule has 1 aromatic rings. The molecule has 1 atom stereocenters. The summed E-state index contributed by atoms with van der Waals surface area (Å²) in [5.74, 6) is 0.993. The van der Waals surface area contributed by atoms with Gasteiger partial charge in [-0.15, -0.1) is 0 Å². The van der Waals surface area contributed by atoms with E-state index < -0.39 is 0 Å². The predicted molar refractivity (Wildman–Crippen MR) is 74.9 cm³/mol. The largest absolute Gasteiger partial charge is 0.512 e. The molecule has 1 aliphatic rings. The molecular formula is C16H20O3. The van der Waals surface area contributed by atoms with Gasteiger partial charge in [0.1, 0.15) is 5.75 Å². The Balaban J connectivity index is 2.51. The van der Waals surface area contributed by atoms with Crippen LogP contribution in [0.5, 0.6) is 5.75 Å². The Hall–Kier alpha value is -1.77. The molecule has 0 spiro atoms. The second-order valence-corrected chi connectivity index (χ2v) is 5.27. The van der Waals surface area contributed by atoms with Crippen molar-refractivity contribution >= 4 is 5.78 Å². The third kappa shape index (κ3) is 2.50. The number of aliphatic hydroxyl groups excluding tert-OH is 1. The number of hydrogen-bond donors (Lipinski definition) is 1. The third-order valence-electron chi connectivity index (χ3n) is 4.00. The van der Waals surface area contributed by atoms with E-state index in [1.807, 2.05) is 6.92 Å². The highest BCUT2D eigenvalue weighted by Crippen LogP contribution is 2.39. The van der Waals surface area contributed by atoms with E-state index in [-0.39, 0.29) is 17.5 Å². The van der Waals surface area contributed by atoms with Crippen molar-refractivity contribution in [1.29, 1.82) is 0 Å². The molecular weight excluding hydrogens is 240 g/mol. The average Bonchev–Trinajstić information content (AvgIpc) is 2.34. The Morgan fingerprint density at radius 3 is 2.47 bits per heavy atom. The van der Waals surface area contributed by atoms with Crippen LogP contribution >= 0.6 is 0 Å². The Kier molecular flexibility index (Phi) is 3.65. The summed E-state index contributed by atoms with van der Waals surface area (Å²) < 4.78 is 5.52. The van der Waals surface area contributed by atoms with E-state index in [0.29, 0.717) is 12.8 Å². The normalized spacial score (nSPS) is 19.3. The zero-order valence-corrected chi connectivity index (χ0v) is 11.9. The fourth-order valence-corrected chi connectivity index (χ4v) is 2.75. The van der Waals surface area contributed by atoms with E-state index in [2.05, 4.69) is 19.9 Å². The summed E-state index contributed by atoms with van der Waals surface area (Å²) >= 11 is 0. The van der Waals surface area contributed by atoms with Crippen LogP contribution in [0.3, 0.4) is 0 Å². The summed E-state index contributed by atoms with van der Waals surface area (Å²) in [6, 6.07) is 2.08. The van der Waals surface area contributed by atoms with E-state index >= 15 is 0 Å². The van der Waals surface area contributed by atoms with Gasteiger partial charge in [-0.05, 0) is 43.0 Å². The van der Waals surface area contributed by atoms with Crippen LogP contribution < -0.4 is 4.74 Å². The number of ketones is 1. The molecule has 0 aliphatic heterocycles. The molecule has 1 unspecified atom stereocenters. The minimum atomic E-state index is -0.0216. The zero-order valence-electron chi connectivity index (χ0n) is 11.9. The van der Waals surface area contributed by atoms with E-state index in [1.54, 1.807) is 7.11 Å². The molecule has 0 amide bonds. The summed E-state index contributed by atoms with van der Waals surface area (Å²) in [6.07, 6.45) is 2.27. The third-order valence-corrected chi connectivity index (χ3v) is 4.00. The van der Waals surface area contributed by atoms with Gasteiger partial charge in [0.15, 0.2) is 5.78 Å². The number of allylic oxidation sites excluding steroid dienone is 2. The summed E-state index contributed by atoms with van der Waals surface area (Å²) in [5.41, 5.74) is 4.53. The molecule has 0 bridgehead atoms. The molecule has 2 rings (SSSR count). The first-order valence-electron chi connectivity index (χ1n) is 6.51. The van der Waals surface area contributed by atoms with Gasteiger partial charge in [-0.2, -0.15) is 0 Å². The molecule has 3 heteroatoms. The highest BCUT2D eigenvalue weighted by atomic mass is 16.5. The molecule has 0 saturated carbocycles. The Morgan fingerprint density at radius 1 is 1.21 bits per heavy atom. The van der Waals surface area contributed by atoms with Crippen LogP contribution in [0, 0.1) is 20.8 Å². The van der Waals surface area contributed by atoms with Gasteiger partial charge in [0.05, 0.1) is 12.9 Å².